The number of alkyl halides is 3. The Hall–Kier alpha value is -3.38. The Morgan fingerprint density at radius 2 is 2.06 bits per heavy atom. The smallest absolute Gasteiger partial charge is 0.418 e. The molecule has 1 fully saturated rings. The molecule has 4 rings (SSSR count). The summed E-state index contributed by atoms with van der Waals surface area (Å²) in [4.78, 5) is 23.7. The minimum Gasteiger partial charge on any atom is -0.491 e. The van der Waals surface area contributed by atoms with Crippen molar-refractivity contribution < 1.29 is 22.7 Å². The third-order valence-electron chi connectivity index (χ3n) is 5.14. The standard InChI is InChI=1S/C22H23F3N6O2S/c1-33-18-13-27-21(31-8-6-26-7-9-31)30-20(18)29-17-5-4-14(11-16(17)22(23,24)25)28-19(32)12-15-3-2-10-34-15/h2-5,10-11,13,26H,6-9,12H2,1H3,(H,28,32)(H,27,29,30). The van der Waals surface area contributed by atoms with E-state index in [0.717, 1.165) is 24.0 Å². The number of amides is 1. The van der Waals surface area contributed by atoms with E-state index in [1.54, 1.807) is 6.07 Å². The highest BCUT2D eigenvalue weighted by Crippen LogP contribution is 2.39. The van der Waals surface area contributed by atoms with Crippen LogP contribution in [0.1, 0.15) is 10.4 Å². The van der Waals surface area contributed by atoms with Gasteiger partial charge in [0, 0.05) is 36.7 Å². The van der Waals surface area contributed by atoms with Crippen molar-refractivity contribution in [1.29, 1.82) is 0 Å². The van der Waals surface area contributed by atoms with E-state index in [4.69, 9.17) is 4.74 Å². The summed E-state index contributed by atoms with van der Waals surface area (Å²) >= 11 is 1.41. The molecule has 34 heavy (non-hydrogen) atoms. The molecule has 3 heterocycles. The van der Waals surface area contributed by atoms with Crippen molar-refractivity contribution in [2.45, 2.75) is 12.6 Å². The number of ether oxygens (including phenoxy) is 1. The van der Waals surface area contributed by atoms with Crippen LogP contribution in [0.4, 0.5) is 36.3 Å². The van der Waals surface area contributed by atoms with Gasteiger partial charge in [-0.15, -0.1) is 11.3 Å². The number of aromatic nitrogens is 2. The number of thiophene rings is 1. The topological polar surface area (TPSA) is 91.4 Å². The molecule has 0 bridgehead atoms. The number of nitrogens with one attached hydrogen (secondary N) is 3. The average molecular weight is 493 g/mol. The van der Waals surface area contributed by atoms with Gasteiger partial charge >= 0.3 is 6.18 Å². The van der Waals surface area contributed by atoms with E-state index >= 15 is 0 Å². The normalized spacial score (nSPS) is 14.1. The Morgan fingerprint density at radius 3 is 2.74 bits per heavy atom. The van der Waals surface area contributed by atoms with E-state index in [1.807, 2.05) is 16.3 Å². The fourth-order valence-electron chi connectivity index (χ4n) is 3.49. The third kappa shape index (κ3) is 5.75. The van der Waals surface area contributed by atoms with Crippen molar-refractivity contribution in [3.63, 3.8) is 0 Å². The molecule has 0 saturated carbocycles. The van der Waals surface area contributed by atoms with Crippen LogP contribution in [0.25, 0.3) is 0 Å². The van der Waals surface area contributed by atoms with Crippen LogP contribution in [0.2, 0.25) is 0 Å². The summed E-state index contributed by atoms with van der Waals surface area (Å²) in [6.07, 6.45) is -3.15. The lowest BCUT2D eigenvalue weighted by molar-refractivity contribution is -0.137. The number of hydrogen-bond donors (Lipinski definition) is 3. The summed E-state index contributed by atoms with van der Waals surface area (Å²) in [5.41, 5.74) is -1.10. The van der Waals surface area contributed by atoms with Crippen LogP contribution in [0, 0.1) is 0 Å². The molecule has 2 aromatic heterocycles. The quantitative estimate of drug-likeness (QED) is 0.461. The third-order valence-corrected chi connectivity index (χ3v) is 6.02. The molecule has 3 aromatic rings. The molecule has 1 aliphatic rings. The second-order valence-corrected chi connectivity index (χ2v) is 8.54. The van der Waals surface area contributed by atoms with Crippen LogP contribution in [-0.4, -0.2) is 49.2 Å². The molecular weight excluding hydrogens is 469 g/mol. The molecule has 1 aromatic carbocycles. The predicted octanol–water partition coefficient (Wildman–Crippen LogP) is 3.90. The molecule has 0 aliphatic carbocycles. The first kappa shape index (κ1) is 23.8. The van der Waals surface area contributed by atoms with Gasteiger partial charge in [-0.25, -0.2) is 4.98 Å². The first-order chi connectivity index (χ1) is 16.3. The molecule has 8 nitrogen and oxygen atoms in total. The molecule has 1 amide bonds. The Bertz CT molecular complexity index is 1130. The first-order valence-corrected chi connectivity index (χ1v) is 11.4. The van der Waals surface area contributed by atoms with Gasteiger partial charge in [-0.2, -0.15) is 18.2 Å². The number of anilines is 4. The van der Waals surface area contributed by atoms with Crippen LogP contribution in [0.15, 0.2) is 41.9 Å². The minimum atomic E-state index is -4.67. The highest BCUT2D eigenvalue weighted by atomic mass is 32.1. The van der Waals surface area contributed by atoms with E-state index < -0.39 is 17.6 Å². The zero-order valence-corrected chi connectivity index (χ0v) is 19.1. The molecule has 1 aliphatic heterocycles. The summed E-state index contributed by atoms with van der Waals surface area (Å²) in [6.45, 7) is 2.88. The van der Waals surface area contributed by atoms with Crippen LogP contribution in [-0.2, 0) is 17.4 Å². The minimum absolute atomic E-state index is 0.0515. The Kier molecular flexibility index (Phi) is 7.17. The van der Waals surface area contributed by atoms with E-state index in [1.165, 1.54) is 36.8 Å². The number of hydrogen-bond acceptors (Lipinski definition) is 8. The van der Waals surface area contributed by atoms with E-state index in [-0.39, 0.29) is 29.4 Å². The molecule has 0 spiro atoms. The summed E-state index contributed by atoms with van der Waals surface area (Å²) in [5, 5.41) is 10.3. The highest BCUT2D eigenvalue weighted by molar-refractivity contribution is 7.10. The van der Waals surface area contributed by atoms with Crippen molar-refractivity contribution in [3.05, 3.63) is 52.3 Å². The van der Waals surface area contributed by atoms with Crippen molar-refractivity contribution in [2.24, 2.45) is 0 Å². The lowest BCUT2D eigenvalue weighted by Crippen LogP contribution is -2.44. The molecule has 0 atom stereocenters. The average Bonchev–Trinajstić information content (AvgIpc) is 3.33. The van der Waals surface area contributed by atoms with Crippen LogP contribution >= 0.6 is 11.3 Å². The van der Waals surface area contributed by atoms with Gasteiger partial charge in [0.25, 0.3) is 0 Å². The largest absolute Gasteiger partial charge is 0.491 e. The predicted molar refractivity (Wildman–Crippen MR) is 125 cm³/mol. The van der Waals surface area contributed by atoms with E-state index in [0.29, 0.717) is 19.0 Å². The zero-order valence-electron chi connectivity index (χ0n) is 18.3. The van der Waals surface area contributed by atoms with Crippen molar-refractivity contribution in [3.8, 4) is 5.75 Å². The second kappa shape index (κ2) is 10.3. The lowest BCUT2D eigenvalue weighted by atomic mass is 10.1. The Morgan fingerprint density at radius 1 is 1.26 bits per heavy atom. The summed E-state index contributed by atoms with van der Waals surface area (Å²) in [7, 11) is 1.39. The second-order valence-electron chi connectivity index (χ2n) is 7.51. The number of piperazine rings is 1. The Labute approximate surface area is 198 Å². The van der Waals surface area contributed by atoms with Gasteiger partial charge in [-0.3, -0.25) is 4.79 Å². The highest BCUT2D eigenvalue weighted by Gasteiger charge is 2.34. The number of nitrogens with zero attached hydrogens (tertiary/aromatic N) is 3. The number of carbonyl (C=O) groups excluding carboxylic acids is 1. The van der Waals surface area contributed by atoms with Crippen LogP contribution in [0.3, 0.4) is 0 Å². The molecular formula is C22H23F3N6O2S. The molecule has 12 heteroatoms. The monoisotopic (exact) mass is 492 g/mol. The van der Waals surface area contributed by atoms with Gasteiger partial charge in [0.2, 0.25) is 11.9 Å². The zero-order chi connectivity index (χ0) is 24.1. The fourth-order valence-corrected chi connectivity index (χ4v) is 4.19. The number of rotatable bonds is 7. The maximum Gasteiger partial charge on any atom is 0.418 e. The fraction of sp³-hybridized carbons (Fsp3) is 0.318. The molecule has 180 valence electrons. The van der Waals surface area contributed by atoms with Gasteiger partial charge in [-0.05, 0) is 29.6 Å². The van der Waals surface area contributed by atoms with E-state index in [9.17, 15) is 18.0 Å². The number of carbonyl (C=O) groups is 1. The summed E-state index contributed by atoms with van der Waals surface area (Å²) in [6, 6.07) is 7.18. The summed E-state index contributed by atoms with van der Waals surface area (Å²) < 4.78 is 46.9. The Balaban J connectivity index is 1.59. The van der Waals surface area contributed by atoms with Crippen LogP contribution < -0.4 is 25.6 Å². The number of benzene rings is 1. The van der Waals surface area contributed by atoms with Crippen LogP contribution in [0.5, 0.6) is 5.75 Å². The molecule has 0 unspecified atom stereocenters. The molecule has 1 saturated heterocycles. The van der Waals surface area contributed by atoms with Crippen molar-refractivity contribution >= 4 is 40.4 Å². The van der Waals surface area contributed by atoms with E-state index in [2.05, 4.69) is 25.9 Å². The first-order valence-electron chi connectivity index (χ1n) is 10.5. The van der Waals surface area contributed by atoms with Gasteiger partial charge < -0.3 is 25.6 Å². The van der Waals surface area contributed by atoms with Crippen molar-refractivity contribution in [2.75, 3.05) is 48.8 Å². The molecule has 3 N–H and O–H groups in total. The van der Waals surface area contributed by atoms with Gasteiger partial charge in [0.15, 0.2) is 11.6 Å². The van der Waals surface area contributed by atoms with Gasteiger partial charge in [-0.1, -0.05) is 6.07 Å². The maximum absolute atomic E-state index is 13.9. The lowest BCUT2D eigenvalue weighted by Gasteiger charge is -2.27. The summed E-state index contributed by atoms with van der Waals surface area (Å²) in [5.74, 6) is 0.330. The number of methoxy groups -OCH3 is 1. The van der Waals surface area contributed by atoms with Crippen molar-refractivity contribution in [1.82, 2.24) is 15.3 Å². The maximum atomic E-state index is 13.9. The van der Waals surface area contributed by atoms with Gasteiger partial charge in [0.1, 0.15) is 0 Å². The molecule has 0 radical (unpaired) electrons. The van der Waals surface area contributed by atoms with Gasteiger partial charge in [0.05, 0.1) is 31.0 Å². The number of halogens is 3. The SMILES string of the molecule is COc1cnc(N2CCNCC2)nc1Nc1ccc(NC(=O)Cc2cccs2)cc1C(F)(F)F.